The Balaban J connectivity index is 1.55. The Labute approximate surface area is 184 Å². The number of pyridine rings is 1. The summed E-state index contributed by atoms with van der Waals surface area (Å²) in [4.78, 5) is 32.8. The van der Waals surface area contributed by atoms with E-state index in [1.54, 1.807) is 32.2 Å². The number of Topliss-reactive ketones (excluding diaryl/α,β-unsaturated/α-hetero) is 1. The number of fused-ring (bicyclic) bond motifs is 1. The molecular weight excluding hydrogens is 410 g/mol. The van der Waals surface area contributed by atoms with E-state index in [1.807, 2.05) is 18.2 Å². The molecule has 32 heavy (non-hydrogen) atoms. The van der Waals surface area contributed by atoms with Gasteiger partial charge in [-0.05, 0) is 36.3 Å². The zero-order chi connectivity index (χ0) is 22.4. The van der Waals surface area contributed by atoms with Gasteiger partial charge in [-0.2, -0.15) is 4.80 Å². The van der Waals surface area contributed by atoms with Crippen LogP contribution in [0.25, 0.3) is 11.4 Å². The summed E-state index contributed by atoms with van der Waals surface area (Å²) in [6, 6.07) is 7.34. The van der Waals surface area contributed by atoms with Gasteiger partial charge >= 0.3 is 0 Å². The summed E-state index contributed by atoms with van der Waals surface area (Å²) < 4.78 is 5.67. The Morgan fingerprint density at radius 1 is 1.25 bits per heavy atom. The van der Waals surface area contributed by atoms with Crippen LogP contribution in [-0.4, -0.2) is 55.9 Å². The van der Waals surface area contributed by atoms with E-state index in [1.165, 1.54) is 4.80 Å². The minimum absolute atomic E-state index is 0.110. The van der Waals surface area contributed by atoms with Crippen LogP contribution in [0.1, 0.15) is 34.6 Å². The Bertz CT molecular complexity index is 1230. The number of ether oxygens (including phenoxy) is 1. The molecule has 1 fully saturated rings. The molecular formula is C22H23N7O3. The molecule has 5 rings (SSSR count). The van der Waals surface area contributed by atoms with E-state index >= 15 is 0 Å². The van der Waals surface area contributed by atoms with Crippen molar-refractivity contribution in [1.29, 1.82) is 0 Å². The van der Waals surface area contributed by atoms with Crippen molar-refractivity contribution in [3.8, 4) is 17.1 Å². The Hall–Kier alpha value is -3.82. The van der Waals surface area contributed by atoms with Gasteiger partial charge in [0.1, 0.15) is 5.78 Å². The van der Waals surface area contributed by atoms with E-state index in [4.69, 9.17) is 4.74 Å². The second kappa shape index (κ2) is 7.70. The van der Waals surface area contributed by atoms with Crippen molar-refractivity contribution >= 4 is 23.1 Å². The highest BCUT2D eigenvalue weighted by Crippen LogP contribution is 2.39. The number of hydrogen-bond acceptors (Lipinski definition) is 8. The molecule has 0 saturated heterocycles. The third kappa shape index (κ3) is 3.57. The van der Waals surface area contributed by atoms with Gasteiger partial charge in [0.2, 0.25) is 5.82 Å². The van der Waals surface area contributed by atoms with E-state index in [-0.39, 0.29) is 24.0 Å². The first-order chi connectivity index (χ1) is 15.4. The van der Waals surface area contributed by atoms with Gasteiger partial charge < -0.3 is 15.0 Å². The number of benzene rings is 1. The molecule has 0 unspecified atom stereocenters. The number of methoxy groups -OCH3 is 1. The maximum absolute atomic E-state index is 12.8. The molecule has 3 heterocycles. The van der Waals surface area contributed by atoms with E-state index in [9.17, 15) is 9.59 Å². The van der Waals surface area contributed by atoms with Crippen LogP contribution in [0.3, 0.4) is 0 Å². The number of nitrogens with zero attached hydrogens (tertiary/aromatic N) is 6. The van der Waals surface area contributed by atoms with Crippen molar-refractivity contribution in [1.82, 2.24) is 30.1 Å². The van der Waals surface area contributed by atoms with Crippen molar-refractivity contribution in [2.45, 2.75) is 25.8 Å². The number of hydrogen-bond donors (Lipinski definition) is 1. The SMILES string of the molecule is COc1c(Nc2cc(CC(=O)C3CC3)nc3c2C(=O)N(C)C3)cccc1-c1nnn(C)n1. The normalized spacial score (nSPS) is 15.1. The maximum Gasteiger partial charge on any atom is 0.257 e. The lowest BCUT2D eigenvalue weighted by molar-refractivity contribution is -0.119. The first kappa shape index (κ1) is 20.1. The number of ketones is 1. The fraction of sp³-hybridized carbons (Fsp3) is 0.364. The summed E-state index contributed by atoms with van der Waals surface area (Å²) in [7, 11) is 5.00. The van der Waals surface area contributed by atoms with Crippen molar-refractivity contribution in [2.24, 2.45) is 13.0 Å². The van der Waals surface area contributed by atoms with Gasteiger partial charge in [0, 0.05) is 19.4 Å². The van der Waals surface area contributed by atoms with E-state index in [0.717, 1.165) is 12.8 Å². The number of nitrogens with one attached hydrogen (secondary N) is 1. The molecule has 0 atom stereocenters. The highest BCUT2D eigenvalue weighted by molar-refractivity contribution is 6.04. The molecule has 1 aliphatic heterocycles. The van der Waals surface area contributed by atoms with E-state index < -0.39 is 0 Å². The quantitative estimate of drug-likeness (QED) is 0.603. The van der Waals surface area contributed by atoms with E-state index in [2.05, 4.69) is 25.7 Å². The van der Waals surface area contributed by atoms with Gasteiger partial charge in [-0.15, -0.1) is 10.2 Å². The zero-order valence-corrected chi connectivity index (χ0v) is 18.1. The minimum atomic E-state index is -0.110. The molecule has 10 nitrogen and oxygen atoms in total. The van der Waals surface area contributed by atoms with Crippen molar-refractivity contribution in [2.75, 3.05) is 19.5 Å². The predicted molar refractivity (Wildman–Crippen MR) is 116 cm³/mol. The van der Waals surface area contributed by atoms with Crippen LogP contribution in [0.2, 0.25) is 0 Å². The third-order valence-electron chi connectivity index (χ3n) is 5.72. The number of carbonyl (C=O) groups is 2. The molecule has 10 heteroatoms. The molecule has 0 radical (unpaired) electrons. The molecule has 3 aromatic rings. The molecule has 1 aliphatic carbocycles. The first-order valence-corrected chi connectivity index (χ1v) is 10.4. The number of tetrazole rings is 1. The van der Waals surface area contributed by atoms with Crippen LogP contribution in [0.4, 0.5) is 11.4 Å². The molecule has 0 spiro atoms. The summed E-state index contributed by atoms with van der Waals surface area (Å²) in [5.74, 6) is 1.21. The van der Waals surface area contributed by atoms with Crippen molar-refractivity contribution in [3.63, 3.8) is 0 Å². The number of anilines is 2. The van der Waals surface area contributed by atoms with Crippen molar-refractivity contribution < 1.29 is 14.3 Å². The van der Waals surface area contributed by atoms with Crippen LogP contribution < -0.4 is 10.1 Å². The summed E-state index contributed by atoms with van der Waals surface area (Å²) in [6.45, 7) is 0.412. The Morgan fingerprint density at radius 3 is 2.75 bits per heavy atom. The van der Waals surface area contributed by atoms with E-state index in [0.29, 0.717) is 52.0 Å². The lowest BCUT2D eigenvalue weighted by Gasteiger charge is -2.16. The molecule has 2 aromatic heterocycles. The topological polar surface area (TPSA) is 115 Å². The molecule has 1 aromatic carbocycles. The summed E-state index contributed by atoms with van der Waals surface area (Å²) in [5, 5.41) is 15.6. The summed E-state index contributed by atoms with van der Waals surface area (Å²) in [5.41, 5.74) is 3.77. The van der Waals surface area contributed by atoms with Crippen LogP contribution in [-0.2, 0) is 24.8 Å². The average Bonchev–Trinajstić information content (AvgIpc) is 3.47. The molecule has 1 saturated carbocycles. The van der Waals surface area contributed by atoms with Crippen LogP contribution in [0.5, 0.6) is 5.75 Å². The van der Waals surface area contributed by atoms with Crippen LogP contribution in [0, 0.1) is 5.92 Å². The molecule has 1 amide bonds. The van der Waals surface area contributed by atoms with Gasteiger partial charge in [0.25, 0.3) is 5.91 Å². The molecule has 2 aliphatic rings. The lowest BCUT2D eigenvalue weighted by atomic mass is 10.1. The Kier molecular flexibility index (Phi) is 4.84. The number of rotatable bonds is 7. The Morgan fingerprint density at radius 2 is 2.06 bits per heavy atom. The zero-order valence-electron chi connectivity index (χ0n) is 18.1. The van der Waals surface area contributed by atoms with Gasteiger partial charge in [-0.25, -0.2) is 0 Å². The summed E-state index contributed by atoms with van der Waals surface area (Å²) >= 11 is 0. The second-order valence-electron chi connectivity index (χ2n) is 8.18. The van der Waals surface area contributed by atoms with Crippen LogP contribution >= 0.6 is 0 Å². The number of aryl methyl sites for hydroxylation is 1. The molecule has 164 valence electrons. The number of amides is 1. The van der Waals surface area contributed by atoms with Gasteiger partial charge in [0.15, 0.2) is 5.75 Å². The first-order valence-electron chi connectivity index (χ1n) is 10.4. The highest BCUT2D eigenvalue weighted by atomic mass is 16.5. The van der Waals surface area contributed by atoms with Crippen LogP contribution in [0.15, 0.2) is 24.3 Å². The fourth-order valence-corrected chi connectivity index (χ4v) is 3.98. The number of aromatic nitrogens is 5. The van der Waals surface area contributed by atoms with Gasteiger partial charge in [-0.3, -0.25) is 14.6 Å². The second-order valence-corrected chi connectivity index (χ2v) is 8.18. The predicted octanol–water partition coefficient (Wildman–Crippen LogP) is 2.13. The molecule has 0 bridgehead atoms. The fourth-order valence-electron chi connectivity index (χ4n) is 3.98. The number of carbonyl (C=O) groups excluding carboxylic acids is 2. The molecule has 1 N–H and O–H groups in total. The maximum atomic E-state index is 12.8. The highest BCUT2D eigenvalue weighted by Gasteiger charge is 2.33. The monoisotopic (exact) mass is 433 g/mol. The van der Waals surface area contributed by atoms with Gasteiger partial charge in [0.05, 0.1) is 54.6 Å². The third-order valence-corrected chi connectivity index (χ3v) is 5.72. The standard InChI is InChI=1S/C22H23N7O3/c1-28-11-17-19(22(28)31)16(9-13(23-17)10-18(30)12-7-8-12)24-15-6-4-5-14(20(15)32-3)21-25-27-29(2)26-21/h4-6,9,12H,7-8,10-11H2,1-3H3,(H,23,24). The largest absolute Gasteiger partial charge is 0.494 e. The lowest BCUT2D eigenvalue weighted by Crippen LogP contribution is -2.18. The number of para-hydroxylation sites is 1. The average molecular weight is 433 g/mol. The van der Waals surface area contributed by atoms with Gasteiger partial charge in [-0.1, -0.05) is 6.07 Å². The summed E-state index contributed by atoms with van der Waals surface area (Å²) in [6.07, 6.45) is 2.18. The smallest absolute Gasteiger partial charge is 0.257 e. The minimum Gasteiger partial charge on any atom is -0.494 e. The van der Waals surface area contributed by atoms with Crippen molar-refractivity contribution in [3.05, 3.63) is 41.2 Å².